The molecule has 1 aliphatic carbocycles. The molecule has 15 heavy (non-hydrogen) atoms. The largest absolute Gasteiger partial charge is 0.321 e. The van der Waals surface area contributed by atoms with Gasteiger partial charge in [-0.1, -0.05) is 13.0 Å². The Morgan fingerprint density at radius 1 is 1.40 bits per heavy atom. The molecule has 0 radical (unpaired) electrons. The van der Waals surface area contributed by atoms with E-state index in [2.05, 4.69) is 29.4 Å². The van der Waals surface area contributed by atoms with E-state index in [4.69, 9.17) is 5.73 Å². The first-order valence-electron chi connectivity index (χ1n) is 5.36. The maximum atomic E-state index is 6.17. The third-order valence-corrected chi connectivity index (χ3v) is 3.15. The summed E-state index contributed by atoms with van der Waals surface area (Å²) in [5.74, 6) is 0.996. The Labute approximate surface area is 88.1 Å². The van der Waals surface area contributed by atoms with Crippen LogP contribution in [0.15, 0.2) is 18.3 Å². The lowest BCUT2D eigenvalue weighted by Crippen LogP contribution is -2.19. The molecule has 0 saturated heterocycles. The Morgan fingerprint density at radius 2 is 2.20 bits per heavy atom. The number of hydrogen-bond donors (Lipinski definition) is 1. The molecule has 3 rings (SSSR count). The van der Waals surface area contributed by atoms with E-state index in [1.807, 2.05) is 10.5 Å². The van der Waals surface area contributed by atoms with Gasteiger partial charge in [0.1, 0.15) is 5.82 Å². The average molecular weight is 202 g/mol. The number of nitrogens with two attached hydrogens (primary N) is 1. The summed E-state index contributed by atoms with van der Waals surface area (Å²) in [6.07, 6.45) is 5.15. The first-order chi connectivity index (χ1) is 7.23. The molecule has 1 aliphatic rings. The van der Waals surface area contributed by atoms with Crippen LogP contribution in [0.2, 0.25) is 0 Å². The van der Waals surface area contributed by atoms with Gasteiger partial charge in [0, 0.05) is 18.2 Å². The molecular formula is C11H14N4. The van der Waals surface area contributed by atoms with Gasteiger partial charge in [-0.15, -0.1) is 10.2 Å². The highest BCUT2D eigenvalue weighted by Crippen LogP contribution is 2.42. The van der Waals surface area contributed by atoms with Crippen LogP contribution in [0.3, 0.4) is 0 Å². The molecule has 2 aromatic rings. The number of aromatic nitrogens is 3. The van der Waals surface area contributed by atoms with Crippen LogP contribution in [-0.4, -0.2) is 14.6 Å². The Kier molecular flexibility index (Phi) is 1.65. The molecular weight excluding hydrogens is 188 g/mol. The molecule has 2 N–H and O–H groups in total. The molecule has 0 bridgehead atoms. The molecule has 0 unspecified atom stereocenters. The molecule has 4 heteroatoms. The van der Waals surface area contributed by atoms with Crippen LogP contribution in [0.1, 0.15) is 31.2 Å². The third kappa shape index (κ3) is 1.25. The van der Waals surface area contributed by atoms with Crippen molar-refractivity contribution >= 4 is 5.65 Å². The molecule has 4 nitrogen and oxygen atoms in total. The summed E-state index contributed by atoms with van der Waals surface area (Å²) >= 11 is 0. The van der Waals surface area contributed by atoms with Gasteiger partial charge in [0.15, 0.2) is 5.65 Å². The Balaban J connectivity index is 2.19. The molecule has 1 fully saturated rings. The molecule has 0 amide bonds. The van der Waals surface area contributed by atoms with Crippen LogP contribution in [0.5, 0.6) is 0 Å². The highest BCUT2D eigenvalue weighted by molar-refractivity contribution is 5.42. The average Bonchev–Trinajstić information content (AvgIpc) is 2.88. The van der Waals surface area contributed by atoms with E-state index >= 15 is 0 Å². The van der Waals surface area contributed by atoms with Gasteiger partial charge in [-0.25, -0.2) is 0 Å². The molecule has 2 heterocycles. The van der Waals surface area contributed by atoms with Crippen LogP contribution >= 0.6 is 0 Å². The number of pyridine rings is 1. The normalized spacial score (nSPS) is 18.3. The minimum Gasteiger partial charge on any atom is -0.321 e. The molecule has 0 atom stereocenters. The number of nitrogens with zero attached hydrogens (tertiary/aromatic N) is 3. The van der Waals surface area contributed by atoms with Crippen LogP contribution in [0.4, 0.5) is 0 Å². The van der Waals surface area contributed by atoms with Gasteiger partial charge in [-0.2, -0.15) is 0 Å². The van der Waals surface area contributed by atoms with Crippen LogP contribution in [-0.2, 0) is 12.0 Å². The summed E-state index contributed by atoms with van der Waals surface area (Å²) in [5.41, 5.74) is 8.19. The second kappa shape index (κ2) is 2.79. The summed E-state index contributed by atoms with van der Waals surface area (Å²) in [7, 11) is 0. The first-order valence-corrected chi connectivity index (χ1v) is 5.36. The minimum atomic E-state index is -0.0799. The zero-order valence-corrected chi connectivity index (χ0v) is 8.77. The number of rotatable bonds is 2. The summed E-state index contributed by atoms with van der Waals surface area (Å²) in [6, 6.07) is 4.06. The van der Waals surface area contributed by atoms with Gasteiger partial charge in [0.05, 0.1) is 0 Å². The highest BCUT2D eigenvalue weighted by Gasteiger charge is 2.40. The van der Waals surface area contributed by atoms with E-state index in [9.17, 15) is 0 Å². The van der Waals surface area contributed by atoms with E-state index in [1.165, 1.54) is 5.56 Å². The third-order valence-electron chi connectivity index (χ3n) is 3.15. The van der Waals surface area contributed by atoms with Gasteiger partial charge in [-0.3, -0.25) is 4.40 Å². The van der Waals surface area contributed by atoms with E-state index in [1.54, 1.807) is 0 Å². The summed E-state index contributed by atoms with van der Waals surface area (Å²) < 4.78 is 2.04. The van der Waals surface area contributed by atoms with Crippen molar-refractivity contribution in [1.29, 1.82) is 0 Å². The Hall–Kier alpha value is -1.42. The van der Waals surface area contributed by atoms with Crippen LogP contribution in [0.25, 0.3) is 5.65 Å². The lowest BCUT2D eigenvalue weighted by molar-refractivity contribution is 0.730. The second-order valence-corrected chi connectivity index (χ2v) is 4.27. The monoisotopic (exact) mass is 202 g/mol. The predicted octanol–water partition coefficient (Wildman–Crippen LogP) is 1.24. The molecule has 0 spiro atoms. The number of hydrogen-bond acceptors (Lipinski definition) is 3. The molecule has 0 aliphatic heterocycles. The van der Waals surface area contributed by atoms with Crippen molar-refractivity contribution in [2.24, 2.45) is 5.73 Å². The van der Waals surface area contributed by atoms with Crippen LogP contribution < -0.4 is 5.73 Å². The lowest BCUT2D eigenvalue weighted by atomic mass is 10.1. The number of fused-ring (bicyclic) bond motifs is 1. The van der Waals surface area contributed by atoms with Crippen molar-refractivity contribution in [3.05, 3.63) is 29.7 Å². The van der Waals surface area contributed by atoms with Gasteiger partial charge in [0.25, 0.3) is 0 Å². The molecule has 2 aromatic heterocycles. The fourth-order valence-corrected chi connectivity index (χ4v) is 1.90. The maximum absolute atomic E-state index is 6.17. The molecule has 1 saturated carbocycles. The fourth-order valence-electron chi connectivity index (χ4n) is 1.90. The minimum absolute atomic E-state index is 0.0799. The Bertz CT molecular complexity index is 510. The summed E-state index contributed by atoms with van der Waals surface area (Å²) in [6.45, 7) is 2.08. The van der Waals surface area contributed by atoms with E-state index in [-0.39, 0.29) is 5.54 Å². The van der Waals surface area contributed by atoms with Crippen molar-refractivity contribution in [3.8, 4) is 0 Å². The van der Waals surface area contributed by atoms with Crippen molar-refractivity contribution < 1.29 is 0 Å². The smallest absolute Gasteiger partial charge is 0.160 e. The maximum Gasteiger partial charge on any atom is 0.160 e. The highest BCUT2D eigenvalue weighted by atomic mass is 15.2. The fraction of sp³-hybridized carbons (Fsp3) is 0.455. The first kappa shape index (κ1) is 8.85. The van der Waals surface area contributed by atoms with Crippen LogP contribution in [0, 0.1) is 0 Å². The van der Waals surface area contributed by atoms with Crippen molar-refractivity contribution in [3.63, 3.8) is 0 Å². The quantitative estimate of drug-likeness (QED) is 0.797. The summed E-state index contributed by atoms with van der Waals surface area (Å²) in [4.78, 5) is 0. The van der Waals surface area contributed by atoms with E-state index < -0.39 is 0 Å². The topological polar surface area (TPSA) is 56.2 Å². The van der Waals surface area contributed by atoms with Gasteiger partial charge in [0.2, 0.25) is 0 Å². The van der Waals surface area contributed by atoms with Crippen molar-refractivity contribution in [2.45, 2.75) is 31.7 Å². The van der Waals surface area contributed by atoms with E-state index in [0.29, 0.717) is 0 Å². The number of aryl methyl sites for hydroxylation is 1. The van der Waals surface area contributed by atoms with Gasteiger partial charge < -0.3 is 5.73 Å². The zero-order chi connectivity index (χ0) is 10.5. The molecule has 78 valence electrons. The van der Waals surface area contributed by atoms with Crippen molar-refractivity contribution in [1.82, 2.24) is 14.6 Å². The van der Waals surface area contributed by atoms with E-state index in [0.717, 1.165) is 30.7 Å². The SMILES string of the molecule is CCc1nnc2ccc(C3(N)CC3)cn12. The van der Waals surface area contributed by atoms with Crippen molar-refractivity contribution in [2.75, 3.05) is 0 Å². The molecule has 0 aromatic carbocycles. The second-order valence-electron chi connectivity index (χ2n) is 4.27. The lowest BCUT2D eigenvalue weighted by Gasteiger charge is -2.09. The Morgan fingerprint density at radius 3 is 2.87 bits per heavy atom. The summed E-state index contributed by atoms with van der Waals surface area (Å²) in [5, 5.41) is 8.23. The predicted molar refractivity (Wildman–Crippen MR) is 57.5 cm³/mol. The zero-order valence-electron chi connectivity index (χ0n) is 8.77. The standard InChI is InChI=1S/C11H14N4/c1-2-9-13-14-10-4-3-8(7-15(9)10)11(12)5-6-11/h3-4,7H,2,5-6,12H2,1H3. The van der Waals surface area contributed by atoms with Gasteiger partial charge in [-0.05, 0) is 24.5 Å². The van der Waals surface area contributed by atoms with Gasteiger partial charge >= 0.3 is 0 Å².